The van der Waals surface area contributed by atoms with Crippen LogP contribution in [-0.2, 0) is 21.6 Å². The molecule has 4 heteroatoms. The summed E-state index contributed by atoms with van der Waals surface area (Å²) in [7, 11) is 0. The number of hydrogen-bond acceptors (Lipinski definition) is 4. The van der Waals surface area contributed by atoms with Crippen molar-refractivity contribution in [2.45, 2.75) is 24.9 Å². The number of ether oxygens (including phenoxy) is 1. The van der Waals surface area contributed by atoms with Crippen molar-refractivity contribution in [1.82, 2.24) is 5.32 Å². The van der Waals surface area contributed by atoms with E-state index >= 15 is 0 Å². The van der Waals surface area contributed by atoms with Crippen LogP contribution in [0.2, 0.25) is 0 Å². The normalized spacial score (nSPS) is 16.7. The van der Waals surface area contributed by atoms with E-state index in [2.05, 4.69) is 5.32 Å². The molecule has 2 aromatic rings. The van der Waals surface area contributed by atoms with E-state index in [4.69, 9.17) is 4.74 Å². The molecule has 120 valence electrons. The number of hydrogen-bond donors (Lipinski definition) is 2. The molecule has 1 aliphatic rings. The molecule has 4 nitrogen and oxygen atoms in total. The molecule has 1 heterocycles. The number of phenolic OH excluding ortho intramolecular Hbond substituents is 1. The first kappa shape index (κ1) is 15.6. The molecule has 0 atom stereocenters. The molecule has 0 aliphatic carbocycles. The molecule has 0 bridgehead atoms. The topological polar surface area (TPSA) is 58.6 Å². The molecule has 0 spiro atoms. The van der Waals surface area contributed by atoms with Gasteiger partial charge in [0.1, 0.15) is 11.4 Å². The average molecular weight is 311 g/mol. The van der Waals surface area contributed by atoms with Crippen LogP contribution in [0.15, 0.2) is 54.6 Å². The third kappa shape index (κ3) is 3.54. The molecule has 1 saturated heterocycles. The maximum absolute atomic E-state index is 12.5. The maximum Gasteiger partial charge on any atom is 0.311 e. The third-order valence-electron chi connectivity index (χ3n) is 4.35. The van der Waals surface area contributed by atoms with E-state index in [1.807, 2.05) is 30.3 Å². The molecule has 23 heavy (non-hydrogen) atoms. The van der Waals surface area contributed by atoms with Gasteiger partial charge in [0.2, 0.25) is 0 Å². The zero-order valence-electron chi connectivity index (χ0n) is 13.0. The van der Waals surface area contributed by atoms with Crippen LogP contribution in [0.25, 0.3) is 0 Å². The van der Waals surface area contributed by atoms with Crippen LogP contribution >= 0.6 is 0 Å². The van der Waals surface area contributed by atoms with Crippen LogP contribution < -0.4 is 5.32 Å². The summed E-state index contributed by atoms with van der Waals surface area (Å²) >= 11 is 0. The van der Waals surface area contributed by atoms with E-state index in [0.29, 0.717) is 5.56 Å². The molecule has 2 N–H and O–H groups in total. The fraction of sp³-hybridized carbons (Fsp3) is 0.316. The monoisotopic (exact) mass is 311 g/mol. The Morgan fingerprint density at radius 1 is 1.04 bits per heavy atom. The van der Waals surface area contributed by atoms with Crippen molar-refractivity contribution in [2.24, 2.45) is 0 Å². The molecule has 0 saturated carbocycles. The van der Waals surface area contributed by atoms with Crippen LogP contribution in [0.1, 0.15) is 24.0 Å². The van der Waals surface area contributed by atoms with Gasteiger partial charge in [-0.2, -0.15) is 0 Å². The fourth-order valence-corrected chi connectivity index (χ4v) is 3.09. The van der Waals surface area contributed by atoms with Gasteiger partial charge in [-0.05, 0) is 24.7 Å². The number of benzene rings is 2. The Kier molecular flexibility index (Phi) is 4.63. The zero-order valence-corrected chi connectivity index (χ0v) is 13.0. The van der Waals surface area contributed by atoms with Gasteiger partial charge < -0.3 is 15.2 Å². The number of aromatic hydroxyl groups is 1. The average Bonchev–Trinajstić information content (AvgIpc) is 2.58. The Bertz CT molecular complexity index is 663. The Hall–Kier alpha value is -2.33. The lowest BCUT2D eigenvalue weighted by Gasteiger charge is -2.37. The number of piperidine rings is 1. The molecule has 0 amide bonds. The number of carbonyl (C=O) groups is 1. The van der Waals surface area contributed by atoms with Crippen molar-refractivity contribution in [3.8, 4) is 5.75 Å². The minimum absolute atomic E-state index is 0.0781. The van der Waals surface area contributed by atoms with Crippen LogP contribution in [0, 0.1) is 0 Å². The first-order valence-corrected chi connectivity index (χ1v) is 7.95. The van der Waals surface area contributed by atoms with Crippen molar-refractivity contribution in [3.05, 3.63) is 65.7 Å². The predicted molar refractivity (Wildman–Crippen MR) is 88.1 cm³/mol. The highest BCUT2D eigenvalue weighted by Gasteiger charge is 2.37. The minimum atomic E-state index is -0.575. The van der Waals surface area contributed by atoms with Gasteiger partial charge in [-0.25, -0.2) is 0 Å². The van der Waals surface area contributed by atoms with Crippen LogP contribution in [0.5, 0.6) is 5.75 Å². The lowest BCUT2D eigenvalue weighted by molar-refractivity contribution is -0.163. The van der Waals surface area contributed by atoms with Gasteiger partial charge in [-0.15, -0.1) is 0 Å². The number of esters is 1. The van der Waals surface area contributed by atoms with E-state index in [-0.39, 0.29) is 18.1 Å². The Labute approximate surface area is 136 Å². The van der Waals surface area contributed by atoms with Crippen molar-refractivity contribution < 1.29 is 14.6 Å². The Morgan fingerprint density at radius 2 is 1.70 bits per heavy atom. The smallest absolute Gasteiger partial charge is 0.311 e. The van der Waals surface area contributed by atoms with E-state index in [0.717, 1.165) is 31.5 Å². The summed E-state index contributed by atoms with van der Waals surface area (Å²) in [6.07, 6.45) is 1.59. The van der Waals surface area contributed by atoms with Crippen molar-refractivity contribution in [1.29, 1.82) is 0 Å². The number of phenols is 1. The van der Waals surface area contributed by atoms with Gasteiger partial charge in [0.05, 0.1) is 6.42 Å². The second-order valence-electron chi connectivity index (χ2n) is 5.89. The van der Waals surface area contributed by atoms with E-state index in [1.165, 1.54) is 0 Å². The second kappa shape index (κ2) is 6.84. The molecule has 3 rings (SSSR count). The highest BCUT2D eigenvalue weighted by Crippen LogP contribution is 2.35. The van der Waals surface area contributed by atoms with Crippen LogP contribution in [-0.4, -0.2) is 24.2 Å². The summed E-state index contributed by atoms with van der Waals surface area (Å²) in [4.78, 5) is 12.5. The summed E-state index contributed by atoms with van der Waals surface area (Å²) in [6, 6.07) is 16.8. The van der Waals surface area contributed by atoms with Crippen LogP contribution in [0.4, 0.5) is 0 Å². The standard InChI is InChI=1S/C19H21NO3/c21-17-9-5-4-6-15(17)14-18(22)23-19(10-12-20-13-11-19)16-7-2-1-3-8-16/h1-9,20-21H,10-14H2. The molecular formula is C19H21NO3. The van der Waals surface area contributed by atoms with E-state index in [1.54, 1.807) is 24.3 Å². The maximum atomic E-state index is 12.5. The lowest BCUT2D eigenvalue weighted by Crippen LogP contribution is -2.43. The molecule has 1 fully saturated rings. The van der Waals surface area contributed by atoms with Gasteiger partial charge in [0.15, 0.2) is 0 Å². The second-order valence-corrected chi connectivity index (χ2v) is 5.89. The number of rotatable bonds is 4. The number of para-hydroxylation sites is 1. The molecular weight excluding hydrogens is 290 g/mol. The number of carbonyl (C=O) groups excluding carboxylic acids is 1. The zero-order chi connectivity index (χ0) is 16.1. The molecule has 0 unspecified atom stereocenters. The first-order chi connectivity index (χ1) is 11.2. The quantitative estimate of drug-likeness (QED) is 0.853. The summed E-state index contributed by atoms with van der Waals surface area (Å²) in [5.74, 6) is -0.180. The first-order valence-electron chi connectivity index (χ1n) is 7.95. The highest BCUT2D eigenvalue weighted by atomic mass is 16.6. The highest BCUT2D eigenvalue weighted by molar-refractivity contribution is 5.74. The largest absolute Gasteiger partial charge is 0.508 e. The summed E-state index contributed by atoms with van der Waals surface area (Å²) in [5.41, 5.74) is 1.05. The molecule has 0 radical (unpaired) electrons. The molecule has 1 aliphatic heterocycles. The van der Waals surface area contributed by atoms with Gasteiger partial charge in [0, 0.05) is 18.4 Å². The Morgan fingerprint density at radius 3 is 2.39 bits per heavy atom. The van der Waals surface area contributed by atoms with Crippen molar-refractivity contribution >= 4 is 5.97 Å². The van der Waals surface area contributed by atoms with Crippen molar-refractivity contribution in [3.63, 3.8) is 0 Å². The van der Waals surface area contributed by atoms with E-state index < -0.39 is 5.60 Å². The lowest BCUT2D eigenvalue weighted by atomic mass is 9.84. The van der Waals surface area contributed by atoms with E-state index in [9.17, 15) is 9.90 Å². The minimum Gasteiger partial charge on any atom is -0.508 e. The summed E-state index contributed by atoms with van der Waals surface area (Å²) in [5, 5.41) is 13.1. The SMILES string of the molecule is O=C(Cc1ccccc1O)OC1(c2ccccc2)CCNCC1. The third-order valence-corrected chi connectivity index (χ3v) is 4.35. The van der Waals surface area contributed by atoms with Gasteiger partial charge in [0.25, 0.3) is 0 Å². The summed E-state index contributed by atoms with van der Waals surface area (Å²) in [6.45, 7) is 1.64. The fourth-order valence-electron chi connectivity index (χ4n) is 3.09. The summed E-state index contributed by atoms with van der Waals surface area (Å²) < 4.78 is 5.93. The molecule has 2 aromatic carbocycles. The van der Waals surface area contributed by atoms with Crippen molar-refractivity contribution in [2.75, 3.05) is 13.1 Å². The van der Waals surface area contributed by atoms with Gasteiger partial charge in [-0.1, -0.05) is 48.5 Å². The predicted octanol–water partition coefficient (Wildman–Crippen LogP) is 2.76. The van der Waals surface area contributed by atoms with Gasteiger partial charge in [-0.3, -0.25) is 4.79 Å². The van der Waals surface area contributed by atoms with Crippen LogP contribution in [0.3, 0.4) is 0 Å². The number of nitrogens with one attached hydrogen (secondary N) is 1. The molecule has 0 aromatic heterocycles. The Balaban J connectivity index is 1.79. The van der Waals surface area contributed by atoms with Gasteiger partial charge >= 0.3 is 5.97 Å².